The highest BCUT2D eigenvalue weighted by Gasteiger charge is 2.35. The van der Waals surface area contributed by atoms with Gasteiger partial charge in [0.2, 0.25) is 0 Å². The zero-order valence-electron chi connectivity index (χ0n) is 8.97. The second-order valence-corrected chi connectivity index (χ2v) is 4.57. The van der Waals surface area contributed by atoms with E-state index in [2.05, 4.69) is 20.8 Å². The van der Waals surface area contributed by atoms with Gasteiger partial charge in [0.05, 0.1) is 0 Å². The van der Waals surface area contributed by atoms with Gasteiger partial charge < -0.3 is 0 Å². The molecular formula is C12H24. The van der Waals surface area contributed by atoms with Gasteiger partial charge in [0.15, 0.2) is 0 Å². The van der Waals surface area contributed by atoms with Crippen LogP contribution in [0, 0.1) is 17.8 Å². The third-order valence-corrected chi connectivity index (χ3v) is 3.56. The van der Waals surface area contributed by atoms with Gasteiger partial charge >= 0.3 is 0 Å². The third-order valence-electron chi connectivity index (χ3n) is 3.56. The smallest absolute Gasteiger partial charge is 0.0360 e. The van der Waals surface area contributed by atoms with Crippen LogP contribution in [-0.4, -0.2) is 0 Å². The summed E-state index contributed by atoms with van der Waals surface area (Å²) in [5.74, 6) is 3.22. The van der Waals surface area contributed by atoms with E-state index in [0.717, 1.165) is 17.8 Å². The Kier molecular flexibility index (Phi) is 4.11. The summed E-state index contributed by atoms with van der Waals surface area (Å²) in [5, 5.41) is 0. The lowest BCUT2D eigenvalue weighted by molar-refractivity contribution is 0.0673. The molecule has 0 saturated heterocycles. The molecule has 72 valence electrons. The Bertz CT molecular complexity index is 117. The largest absolute Gasteiger partial charge is 0.0654 e. The van der Waals surface area contributed by atoms with Crippen LogP contribution in [-0.2, 0) is 0 Å². The van der Waals surface area contributed by atoms with Crippen molar-refractivity contribution in [2.24, 2.45) is 17.8 Å². The van der Waals surface area contributed by atoms with Crippen molar-refractivity contribution in [3.63, 3.8) is 0 Å². The minimum Gasteiger partial charge on any atom is -0.0654 e. The SMILES string of the molecule is CCCCC1CC(C)C1CCC. The molecule has 0 N–H and O–H groups in total. The Hall–Kier alpha value is 0. The van der Waals surface area contributed by atoms with Crippen molar-refractivity contribution in [2.75, 3.05) is 0 Å². The highest BCUT2D eigenvalue weighted by molar-refractivity contribution is 4.85. The number of hydrogen-bond donors (Lipinski definition) is 0. The molecule has 12 heavy (non-hydrogen) atoms. The first kappa shape index (κ1) is 10.1. The van der Waals surface area contributed by atoms with Crippen LogP contribution < -0.4 is 0 Å². The summed E-state index contributed by atoms with van der Waals surface area (Å²) < 4.78 is 0. The summed E-state index contributed by atoms with van der Waals surface area (Å²) in [5.41, 5.74) is 0. The Morgan fingerprint density at radius 1 is 1.08 bits per heavy atom. The minimum atomic E-state index is 1.03. The van der Waals surface area contributed by atoms with Crippen LogP contribution in [0.5, 0.6) is 0 Å². The predicted octanol–water partition coefficient (Wildman–Crippen LogP) is 4.25. The van der Waals surface area contributed by atoms with Crippen LogP contribution in [0.25, 0.3) is 0 Å². The van der Waals surface area contributed by atoms with Crippen molar-refractivity contribution in [3.8, 4) is 0 Å². The summed E-state index contributed by atoms with van der Waals surface area (Å²) in [6.07, 6.45) is 8.73. The fraction of sp³-hybridized carbons (Fsp3) is 1.00. The number of hydrogen-bond acceptors (Lipinski definition) is 0. The molecule has 1 rings (SSSR count). The second kappa shape index (κ2) is 4.89. The minimum absolute atomic E-state index is 1.03. The molecule has 0 aromatic heterocycles. The topological polar surface area (TPSA) is 0 Å². The van der Waals surface area contributed by atoms with Crippen molar-refractivity contribution in [1.82, 2.24) is 0 Å². The van der Waals surface area contributed by atoms with Crippen LogP contribution in [0.1, 0.15) is 59.3 Å². The zero-order valence-corrected chi connectivity index (χ0v) is 8.97. The van der Waals surface area contributed by atoms with E-state index in [1.54, 1.807) is 0 Å². The summed E-state index contributed by atoms with van der Waals surface area (Å²) in [6, 6.07) is 0. The monoisotopic (exact) mass is 168 g/mol. The molecule has 1 aliphatic carbocycles. The molecule has 0 aromatic rings. The lowest BCUT2D eigenvalue weighted by Gasteiger charge is -2.43. The second-order valence-electron chi connectivity index (χ2n) is 4.57. The van der Waals surface area contributed by atoms with E-state index < -0.39 is 0 Å². The van der Waals surface area contributed by atoms with Gasteiger partial charge in [0.25, 0.3) is 0 Å². The van der Waals surface area contributed by atoms with Gasteiger partial charge in [-0.3, -0.25) is 0 Å². The van der Waals surface area contributed by atoms with Crippen molar-refractivity contribution >= 4 is 0 Å². The Morgan fingerprint density at radius 3 is 2.33 bits per heavy atom. The maximum absolute atomic E-state index is 2.43. The highest BCUT2D eigenvalue weighted by atomic mass is 14.4. The van der Waals surface area contributed by atoms with E-state index in [-0.39, 0.29) is 0 Å². The summed E-state index contributed by atoms with van der Waals surface area (Å²) >= 11 is 0. The first-order valence-corrected chi connectivity index (χ1v) is 5.79. The summed E-state index contributed by atoms with van der Waals surface area (Å²) in [6.45, 7) is 7.06. The standard InChI is InChI=1S/C12H24/c1-4-6-8-11-9-10(3)12(11)7-5-2/h10-12H,4-9H2,1-3H3. The normalized spacial score (nSPS) is 34.8. The Morgan fingerprint density at radius 2 is 1.83 bits per heavy atom. The molecule has 0 radical (unpaired) electrons. The first-order chi connectivity index (χ1) is 5.79. The van der Waals surface area contributed by atoms with Crippen molar-refractivity contribution in [2.45, 2.75) is 59.3 Å². The van der Waals surface area contributed by atoms with Crippen LogP contribution in [0.2, 0.25) is 0 Å². The fourth-order valence-corrected chi connectivity index (χ4v) is 2.75. The highest BCUT2D eigenvalue weighted by Crippen LogP contribution is 2.45. The van der Waals surface area contributed by atoms with Crippen LogP contribution >= 0.6 is 0 Å². The van der Waals surface area contributed by atoms with Gasteiger partial charge in [-0.2, -0.15) is 0 Å². The van der Waals surface area contributed by atoms with E-state index in [4.69, 9.17) is 0 Å². The van der Waals surface area contributed by atoms with Crippen LogP contribution in [0.15, 0.2) is 0 Å². The van der Waals surface area contributed by atoms with E-state index in [1.165, 1.54) is 38.5 Å². The molecule has 0 aliphatic heterocycles. The van der Waals surface area contributed by atoms with E-state index in [9.17, 15) is 0 Å². The van der Waals surface area contributed by atoms with Gasteiger partial charge in [-0.25, -0.2) is 0 Å². The van der Waals surface area contributed by atoms with E-state index in [0.29, 0.717) is 0 Å². The van der Waals surface area contributed by atoms with Gasteiger partial charge in [0, 0.05) is 0 Å². The van der Waals surface area contributed by atoms with Gasteiger partial charge in [0.1, 0.15) is 0 Å². The van der Waals surface area contributed by atoms with Gasteiger partial charge in [-0.1, -0.05) is 52.9 Å². The van der Waals surface area contributed by atoms with Crippen molar-refractivity contribution in [1.29, 1.82) is 0 Å². The fourth-order valence-electron chi connectivity index (χ4n) is 2.75. The molecule has 3 atom stereocenters. The van der Waals surface area contributed by atoms with Crippen molar-refractivity contribution < 1.29 is 0 Å². The van der Waals surface area contributed by atoms with E-state index >= 15 is 0 Å². The number of unbranched alkanes of at least 4 members (excludes halogenated alkanes) is 1. The molecule has 0 amide bonds. The van der Waals surface area contributed by atoms with Gasteiger partial charge in [-0.05, 0) is 24.2 Å². The molecule has 0 bridgehead atoms. The molecule has 0 spiro atoms. The Labute approximate surface area is 77.7 Å². The zero-order chi connectivity index (χ0) is 8.97. The maximum atomic E-state index is 2.43. The molecule has 1 fully saturated rings. The molecule has 1 saturated carbocycles. The molecular weight excluding hydrogens is 144 g/mol. The van der Waals surface area contributed by atoms with Crippen molar-refractivity contribution in [3.05, 3.63) is 0 Å². The molecule has 0 heterocycles. The molecule has 0 aromatic carbocycles. The first-order valence-electron chi connectivity index (χ1n) is 5.79. The molecule has 0 nitrogen and oxygen atoms in total. The van der Waals surface area contributed by atoms with E-state index in [1.807, 2.05) is 0 Å². The lowest BCUT2D eigenvalue weighted by Crippen LogP contribution is -2.34. The summed E-state index contributed by atoms with van der Waals surface area (Å²) in [4.78, 5) is 0. The van der Waals surface area contributed by atoms with Crippen LogP contribution in [0.4, 0.5) is 0 Å². The lowest BCUT2D eigenvalue weighted by atomic mass is 9.62. The number of rotatable bonds is 5. The Balaban J connectivity index is 2.18. The molecule has 3 unspecified atom stereocenters. The average Bonchev–Trinajstić information content (AvgIpc) is 2.08. The van der Waals surface area contributed by atoms with Crippen LogP contribution in [0.3, 0.4) is 0 Å². The van der Waals surface area contributed by atoms with Gasteiger partial charge in [-0.15, -0.1) is 0 Å². The quantitative estimate of drug-likeness (QED) is 0.575. The maximum Gasteiger partial charge on any atom is -0.0360 e. The average molecular weight is 168 g/mol. The molecule has 0 heteroatoms. The summed E-state index contributed by atoms with van der Waals surface area (Å²) in [7, 11) is 0. The predicted molar refractivity (Wildman–Crippen MR) is 55.2 cm³/mol. The molecule has 1 aliphatic rings. The third kappa shape index (κ3) is 2.24.